The number of benzene rings is 1. The third-order valence-electron chi connectivity index (χ3n) is 3.77. The minimum atomic E-state index is -0.123. The molecule has 0 amide bonds. The van der Waals surface area contributed by atoms with E-state index in [1.165, 1.54) is 5.56 Å². The molecule has 2 N–H and O–H groups in total. The van der Waals surface area contributed by atoms with Gasteiger partial charge in [-0.15, -0.1) is 0 Å². The maximum Gasteiger partial charge on any atom is 0.141 e. The average Bonchev–Trinajstić information content (AvgIpc) is 2.23. The Morgan fingerprint density at radius 2 is 2.12 bits per heavy atom. The molecule has 0 aromatic heterocycles. The molecule has 0 bridgehead atoms. The molecule has 0 spiro atoms. The first kappa shape index (κ1) is 12.1. The Balaban J connectivity index is 2.50. The molecule has 1 nitrogen and oxygen atoms in total. The Labute approximate surface area is 104 Å². The summed E-state index contributed by atoms with van der Waals surface area (Å²) < 4.78 is 14.7. The fourth-order valence-electron chi connectivity index (χ4n) is 2.42. The average molecular weight is 286 g/mol. The lowest BCUT2D eigenvalue weighted by molar-refractivity contribution is 0.244. The third kappa shape index (κ3) is 1.80. The van der Waals surface area contributed by atoms with E-state index in [2.05, 4.69) is 22.9 Å². The van der Waals surface area contributed by atoms with Gasteiger partial charge in [-0.25, -0.2) is 4.39 Å². The lowest BCUT2D eigenvalue weighted by Crippen LogP contribution is -2.42. The highest BCUT2D eigenvalue weighted by Gasteiger charge is 2.39. The van der Waals surface area contributed by atoms with Gasteiger partial charge in [0.15, 0.2) is 0 Å². The van der Waals surface area contributed by atoms with Gasteiger partial charge in [0.1, 0.15) is 5.82 Å². The quantitative estimate of drug-likeness (QED) is 0.903. The molecule has 88 valence electrons. The maximum atomic E-state index is 14.1. The van der Waals surface area contributed by atoms with Crippen LogP contribution in [0, 0.1) is 5.82 Å². The Morgan fingerprint density at radius 1 is 1.44 bits per heavy atom. The van der Waals surface area contributed by atoms with Gasteiger partial charge in [0.25, 0.3) is 0 Å². The van der Waals surface area contributed by atoms with Crippen molar-refractivity contribution in [3.63, 3.8) is 0 Å². The summed E-state index contributed by atoms with van der Waals surface area (Å²) in [5, 5.41) is 0. The molecule has 1 aromatic carbocycles. The smallest absolute Gasteiger partial charge is 0.141 e. The largest absolute Gasteiger partial charge is 0.330 e. The van der Waals surface area contributed by atoms with Crippen molar-refractivity contribution in [3.8, 4) is 0 Å². The Bertz CT molecular complexity index is 394. The van der Waals surface area contributed by atoms with Gasteiger partial charge in [0.2, 0.25) is 0 Å². The zero-order valence-corrected chi connectivity index (χ0v) is 11.1. The number of aryl methyl sites for hydroxylation is 1. The lowest BCUT2D eigenvalue weighted by Gasteiger charge is -2.42. The van der Waals surface area contributed by atoms with Crippen LogP contribution >= 0.6 is 15.9 Å². The van der Waals surface area contributed by atoms with Crippen LogP contribution in [0.4, 0.5) is 4.39 Å². The first-order chi connectivity index (χ1) is 7.63. The number of nitrogens with two attached hydrogens (primary N) is 1. The molecule has 0 atom stereocenters. The van der Waals surface area contributed by atoms with Crippen molar-refractivity contribution >= 4 is 15.9 Å². The van der Waals surface area contributed by atoms with Crippen molar-refractivity contribution in [2.45, 2.75) is 38.0 Å². The van der Waals surface area contributed by atoms with Gasteiger partial charge in [0, 0.05) is 12.0 Å². The van der Waals surface area contributed by atoms with Crippen LogP contribution in [0.15, 0.2) is 16.6 Å². The first-order valence-electron chi connectivity index (χ1n) is 5.81. The van der Waals surface area contributed by atoms with Gasteiger partial charge in [0.05, 0.1) is 4.47 Å². The summed E-state index contributed by atoms with van der Waals surface area (Å²) in [5.41, 5.74) is 7.71. The standard InChI is InChI=1S/C13H17BrFN/c1-2-9-6-10(12(15)11(14)7-9)13(8-16)4-3-5-13/h6-7H,2-5,8,16H2,1H3. The monoisotopic (exact) mass is 285 g/mol. The van der Waals surface area contributed by atoms with E-state index in [1.807, 2.05) is 12.1 Å². The molecule has 3 heteroatoms. The van der Waals surface area contributed by atoms with Gasteiger partial charge in [-0.05, 0) is 52.4 Å². The zero-order chi connectivity index (χ0) is 11.8. The van der Waals surface area contributed by atoms with Crippen molar-refractivity contribution in [1.29, 1.82) is 0 Å². The number of hydrogen-bond acceptors (Lipinski definition) is 1. The maximum absolute atomic E-state index is 14.1. The van der Waals surface area contributed by atoms with Crippen LogP contribution in [0.1, 0.15) is 37.3 Å². The first-order valence-corrected chi connectivity index (χ1v) is 6.61. The molecule has 0 saturated heterocycles. The number of halogens is 2. The number of hydrogen-bond donors (Lipinski definition) is 1. The van der Waals surface area contributed by atoms with Crippen LogP contribution < -0.4 is 5.73 Å². The molecule has 1 aromatic rings. The summed E-state index contributed by atoms with van der Waals surface area (Å²) in [7, 11) is 0. The topological polar surface area (TPSA) is 26.0 Å². The van der Waals surface area contributed by atoms with E-state index < -0.39 is 0 Å². The molecule has 16 heavy (non-hydrogen) atoms. The van der Waals surface area contributed by atoms with E-state index in [-0.39, 0.29) is 11.2 Å². The minimum absolute atomic E-state index is 0.0994. The van der Waals surface area contributed by atoms with E-state index >= 15 is 0 Å². The van der Waals surface area contributed by atoms with Gasteiger partial charge in [-0.1, -0.05) is 19.4 Å². The second-order valence-electron chi connectivity index (χ2n) is 4.63. The van der Waals surface area contributed by atoms with Crippen molar-refractivity contribution in [2.75, 3.05) is 6.54 Å². The van der Waals surface area contributed by atoms with Crippen LogP contribution in [0.2, 0.25) is 0 Å². The van der Waals surface area contributed by atoms with E-state index in [9.17, 15) is 4.39 Å². The lowest BCUT2D eigenvalue weighted by atomic mass is 9.64. The normalized spacial score (nSPS) is 18.2. The van der Waals surface area contributed by atoms with E-state index in [4.69, 9.17) is 5.73 Å². The highest BCUT2D eigenvalue weighted by atomic mass is 79.9. The minimum Gasteiger partial charge on any atom is -0.330 e. The molecule has 1 aliphatic rings. The molecular weight excluding hydrogens is 269 g/mol. The van der Waals surface area contributed by atoms with Crippen molar-refractivity contribution in [2.24, 2.45) is 5.73 Å². The Hall–Kier alpha value is -0.410. The fraction of sp³-hybridized carbons (Fsp3) is 0.538. The van der Waals surface area contributed by atoms with E-state index in [0.29, 0.717) is 11.0 Å². The van der Waals surface area contributed by atoms with Crippen LogP contribution in [-0.2, 0) is 11.8 Å². The summed E-state index contributed by atoms with van der Waals surface area (Å²) in [5.74, 6) is -0.123. The van der Waals surface area contributed by atoms with E-state index in [1.54, 1.807) is 0 Å². The van der Waals surface area contributed by atoms with Crippen molar-refractivity contribution in [3.05, 3.63) is 33.5 Å². The van der Waals surface area contributed by atoms with Crippen molar-refractivity contribution < 1.29 is 4.39 Å². The molecule has 0 unspecified atom stereocenters. The summed E-state index contributed by atoms with van der Waals surface area (Å²) in [4.78, 5) is 0. The second-order valence-corrected chi connectivity index (χ2v) is 5.49. The molecule has 0 aliphatic heterocycles. The summed E-state index contributed by atoms with van der Waals surface area (Å²) in [6.07, 6.45) is 4.11. The molecule has 1 aliphatic carbocycles. The molecular formula is C13H17BrFN. The SMILES string of the molecule is CCc1cc(Br)c(F)c(C2(CN)CCC2)c1. The van der Waals surface area contributed by atoms with Gasteiger partial charge in [-0.2, -0.15) is 0 Å². The van der Waals surface area contributed by atoms with Crippen molar-refractivity contribution in [1.82, 2.24) is 0 Å². The Kier molecular flexibility index (Phi) is 3.36. The third-order valence-corrected chi connectivity index (χ3v) is 4.35. The van der Waals surface area contributed by atoms with Gasteiger partial charge < -0.3 is 5.73 Å². The van der Waals surface area contributed by atoms with Crippen LogP contribution in [-0.4, -0.2) is 6.54 Å². The molecule has 0 heterocycles. The van der Waals surface area contributed by atoms with Gasteiger partial charge >= 0.3 is 0 Å². The predicted molar refractivity (Wildman–Crippen MR) is 68.1 cm³/mol. The summed E-state index contributed by atoms with van der Waals surface area (Å²) >= 11 is 3.30. The zero-order valence-electron chi connectivity index (χ0n) is 9.52. The molecule has 1 saturated carbocycles. The van der Waals surface area contributed by atoms with Crippen LogP contribution in [0.25, 0.3) is 0 Å². The molecule has 2 rings (SSSR count). The van der Waals surface area contributed by atoms with Gasteiger partial charge in [-0.3, -0.25) is 0 Å². The summed E-state index contributed by atoms with van der Waals surface area (Å²) in [6.45, 7) is 2.63. The Morgan fingerprint density at radius 3 is 2.56 bits per heavy atom. The number of rotatable bonds is 3. The predicted octanol–water partition coefficient (Wildman–Crippen LogP) is 3.53. The summed E-state index contributed by atoms with van der Waals surface area (Å²) in [6, 6.07) is 3.85. The molecule has 0 radical (unpaired) electrons. The van der Waals surface area contributed by atoms with E-state index in [0.717, 1.165) is 31.2 Å². The van der Waals surface area contributed by atoms with Crippen LogP contribution in [0.3, 0.4) is 0 Å². The highest BCUT2D eigenvalue weighted by Crippen LogP contribution is 2.45. The fourth-order valence-corrected chi connectivity index (χ4v) is 2.93. The molecule has 1 fully saturated rings. The second kappa shape index (κ2) is 4.46. The van der Waals surface area contributed by atoms with Crippen LogP contribution in [0.5, 0.6) is 0 Å². The highest BCUT2D eigenvalue weighted by molar-refractivity contribution is 9.10.